The second-order valence-corrected chi connectivity index (χ2v) is 6.03. The largest absolute Gasteiger partial charge is 0.496 e. The molecule has 1 heterocycles. The zero-order valence-corrected chi connectivity index (χ0v) is 15.0. The molecule has 132 valence electrons. The highest BCUT2D eigenvalue weighted by Gasteiger charge is 2.30. The van der Waals surface area contributed by atoms with Crippen LogP contribution in [-0.4, -0.2) is 21.3 Å². The number of ether oxygens (including phenoxy) is 4. The summed E-state index contributed by atoms with van der Waals surface area (Å²) in [5, 5.41) is 0. The molecular formula is C22H20O4. The van der Waals surface area contributed by atoms with Gasteiger partial charge in [0, 0.05) is 16.7 Å². The van der Waals surface area contributed by atoms with Crippen molar-refractivity contribution in [2.45, 2.75) is 6.10 Å². The predicted octanol–water partition coefficient (Wildman–Crippen LogP) is 4.86. The third kappa shape index (κ3) is 2.54. The van der Waals surface area contributed by atoms with Gasteiger partial charge in [-0.25, -0.2) is 0 Å². The highest BCUT2D eigenvalue weighted by Crippen LogP contribution is 2.49. The van der Waals surface area contributed by atoms with Gasteiger partial charge in [0.25, 0.3) is 0 Å². The number of hydrogen-bond donors (Lipinski definition) is 0. The first-order valence-electron chi connectivity index (χ1n) is 8.41. The van der Waals surface area contributed by atoms with E-state index >= 15 is 0 Å². The molecule has 1 aliphatic rings. The topological polar surface area (TPSA) is 36.9 Å². The first-order chi connectivity index (χ1) is 12.8. The fourth-order valence-electron chi connectivity index (χ4n) is 3.44. The van der Waals surface area contributed by atoms with Crippen LogP contribution >= 0.6 is 0 Å². The van der Waals surface area contributed by atoms with Crippen LogP contribution in [-0.2, 0) is 0 Å². The van der Waals surface area contributed by atoms with Crippen molar-refractivity contribution in [2.24, 2.45) is 0 Å². The summed E-state index contributed by atoms with van der Waals surface area (Å²) in [6.45, 7) is 0. The Labute approximate surface area is 152 Å². The molecule has 0 aliphatic carbocycles. The van der Waals surface area contributed by atoms with Gasteiger partial charge in [0.15, 0.2) is 17.6 Å². The molecule has 4 heteroatoms. The van der Waals surface area contributed by atoms with Gasteiger partial charge in [-0.2, -0.15) is 0 Å². The molecule has 3 aromatic rings. The molecule has 4 nitrogen and oxygen atoms in total. The molecule has 26 heavy (non-hydrogen) atoms. The van der Waals surface area contributed by atoms with E-state index in [2.05, 4.69) is 6.07 Å². The van der Waals surface area contributed by atoms with Gasteiger partial charge in [-0.05, 0) is 29.8 Å². The van der Waals surface area contributed by atoms with E-state index in [4.69, 9.17) is 18.9 Å². The summed E-state index contributed by atoms with van der Waals surface area (Å²) in [7, 11) is 4.96. The Morgan fingerprint density at radius 3 is 2.08 bits per heavy atom. The standard InChI is InChI=1S/C22H20O4/c1-23-18-10-6-5-9-15(18)22-17-13-21(25-3)20(24-2)12-16(17)14-8-4-7-11-19(14)26-22/h4-13,22H,1-3H3. The van der Waals surface area contributed by atoms with Crippen molar-refractivity contribution in [3.63, 3.8) is 0 Å². The van der Waals surface area contributed by atoms with Crippen LogP contribution in [0, 0.1) is 0 Å². The lowest BCUT2D eigenvalue weighted by Crippen LogP contribution is -2.16. The van der Waals surface area contributed by atoms with E-state index in [0.717, 1.165) is 33.8 Å². The van der Waals surface area contributed by atoms with Crippen LogP contribution in [0.2, 0.25) is 0 Å². The fraction of sp³-hybridized carbons (Fsp3) is 0.182. The summed E-state index contributed by atoms with van der Waals surface area (Å²) in [6, 6.07) is 19.9. The van der Waals surface area contributed by atoms with E-state index < -0.39 is 0 Å². The molecule has 0 saturated heterocycles. The van der Waals surface area contributed by atoms with Crippen LogP contribution in [0.5, 0.6) is 23.0 Å². The van der Waals surface area contributed by atoms with Crippen molar-refractivity contribution in [3.05, 3.63) is 71.8 Å². The quantitative estimate of drug-likeness (QED) is 0.675. The minimum absolute atomic E-state index is 0.296. The molecule has 1 unspecified atom stereocenters. The Balaban J connectivity index is 1.98. The highest BCUT2D eigenvalue weighted by atomic mass is 16.5. The molecule has 0 bridgehead atoms. The summed E-state index contributed by atoms with van der Waals surface area (Å²) in [4.78, 5) is 0. The second-order valence-electron chi connectivity index (χ2n) is 6.03. The van der Waals surface area contributed by atoms with E-state index in [-0.39, 0.29) is 6.10 Å². The number of rotatable bonds is 4. The lowest BCUT2D eigenvalue weighted by Gasteiger charge is -2.30. The normalized spacial score (nSPS) is 14.7. The summed E-state index contributed by atoms with van der Waals surface area (Å²) in [5.41, 5.74) is 4.10. The highest BCUT2D eigenvalue weighted by molar-refractivity contribution is 5.79. The van der Waals surface area contributed by atoms with Crippen LogP contribution < -0.4 is 18.9 Å². The maximum Gasteiger partial charge on any atom is 0.161 e. The number of methoxy groups -OCH3 is 3. The molecule has 0 amide bonds. The minimum Gasteiger partial charge on any atom is -0.496 e. The molecule has 0 fully saturated rings. The van der Waals surface area contributed by atoms with Gasteiger partial charge < -0.3 is 18.9 Å². The molecule has 0 aromatic heterocycles. The van der Waals surface area contributed by atoms with E-state index in [1.807, 2.05) is 54.6 Å². The lowest BCUT2D eigenvalue weighted by molar-refractivity contribution is 0.236. The monoisotopic (exact) mass is 348 g/mol. The lowest BCUT2D eigenvalue weighted by atomic mass is 9.89. The molecule has 0 radical (unpaired) electrons. The average Bonchev–Trinajstić information content (AvgIpc) is 2.72. The first kappa shape index (κ1) is 16.3. The molecule has 0 N–H and O–H groups in total. The summed E-state index contributed by atoms with van der Waals surface area (Å²) in [5.74, 6) is 3.00. The van der Waals surface area contributed by atoms with Crippen LogP contribution in [0.15, 0.2) is 60.7 Å². The van der Waals surface area contributed by atoms with Crippen molar-refractivity contribution in [2.75, 3.05) is 21.3 Å². The average molecular weight is 348 g/mol. The second kappa shape index (κ2) is 6.64. The van der Waals surface area contributed by atoms with Crippen LogP contribution in [0.1, 0.15) is 17.2 Å². The van der Waals surface area contributed by atoms with Crippen molar-refractivity contribution in [3.8, 4) is 34.1 Å². The summed E-state index contributed by atoms with van der Waals surface area (Å²) in [6.07, 6.45) is -0.296. The molecule has 1 atom stereocenters. The predicted molar refractivity (Wildman–Crippen MR) is 100 cm³/mol. The zero-order chi connectivity index (χ0) is 18.1. The SMILES string of the molecule is COc1cc2c(cc1OC)C(c1ccccc1OC)Oc1ccccc1-2. The first-order valence-corrected chi connectivity index (χ1v) is 8.41. The van der Waals surface area contributed by atoms with Gasteiger partial charge in [-0.15, -0.1) is 0 Å². The maximum atomic E-state index is 6.38. The Kier molecular flexibility index (Phi) is 4.17. The number of benzene rings is 3. The Morgan fingerprint density at radius 1 is 0.654 bits per heavy atom. The number of hydrogen-bond acceptors (Lipinski definition) is 4. The smallest absolute Gasteiger partial charge is 0.161 e. The molecule has 3 aromatic carbocycles. The third-order valence-corrected chi connectivity index (χ3v) is 4.68. The van der Waals surface area contributed by atoms with E-state index in [9.17, 15) is 0 Å². The zero-order valence-electron chi connectivity index (χ0n) is 15.0. The Hall–Kier alpha value is -3.14. The Morgan fingerprint density at radius 2 is 1.31 bits per heavy atom. The van der Waals surface area contributed by atoms with Gasteiger partial charge in [0.1, 0.15) is 11.5 Å². The van der Waals surface area contributed by atoms with Gasteiger partial charge in [0.05, 0.1) is 21.3 Å². The van der Waals surface area contributed by atoms with Gasteiger partial charge >= 0.3 is 0 Å². The van der Waals surface area contributed by atoms with Crippen LogP contribution in [0.4, 0.5) is 0 Å². The summed E-state index contributed by atoms with van der Waals surface area (Å²) >= 11 is 0. The number of fused-ring (bicyclic) bond motifs is 3. The number of para-hydroxylation sites is 2. The Bertz CT molecular complexity index is 949. The van der Waals surface area contributed by atoms with Crippen molar-refractivity contribution in [1.29, 1.82) is 0 Å². The maximum absolute atomic E-state index is 6.38. The van der Waals surface area contributed by atoms with Crippen molar-refractivity contribution in [1.82, 2.24) is 0 Å². The van der Waals surface area contributed by atoms with Crippen molar-refractivity contribution < 1.29 is 18.9 Å². The van der Waals surface area contributed by atoms with Gasteiger partial charge in [0.2, 0.25) is 0 Å². The third-order valence-electron chi connectivity index (χ3n) is 4.68. The van der Waals surface area contributed by atoms with Crippen LogP contribution in [0.3, 0.4) is 0 Å². The van der Waals surface area contributed by atoms with E-state index in [1.165, 1.54) is 0 Å². The minimum atomic E-state index is -0.296. The van der Waals surface area contributed by atoms with Crippen molar-refractivity contribution >= 4 is 0 Å². The molecule has 1 aliphatic heterocycles. The molecule has 0 saturated carbocycles. The van der Waals surface area contributed by atoms with E-state index in [1.54, 1.807) is 21.3 Å². The van der Waals surface area contributed by atoms with Gasteiger partial charge in [-0.3, -0.25) is 0 Å². The molecule has 4 rings (SSSR count). The molecular weight excluding hydrogens is 328 g/mol. The molecule has 0 spiro atoms. The van der Waals surface area contributed by atoms with Crippen LogP contribution in [0.25, 0.3) is 11.1 Å². The van der Waals surface area contributed by atoms with Gasteiger partial charge in [-0.1, -0.05) is 36.4 Å². The summed E-state index contributed by atoms with van der Waals surface area (Å²) < 4.78 is 23.0. The fourth-order valence-corrected chi connectivity index (χ4v) is 3.44. The van der Waals surface area contributed by atoms with E-state index in [0.29, 0.717) is 11.5 Å².